The van der Waals surface area contributed by atoms with Crippen molar-refractivity contribution in [2.75, 3.05) is 12.3 Å². The molecule has 10 heteroatoms. The van der Waals surface area contributed by atoms with Crippen LogP contribution >= 0.6 is 0 Å². The number of rotatable bonds is 12. The summed E-state index contributed by atoms with van der Waals surface area (Å²) in [7, 11) is -5.11. The molecule has 0 aliphatic rings. The molecule has 0 heterocycles. The third kappa shape index (κ3) is 8.46. The van der Waals surface area contributed by atoms with Gasteiger partial charge in [0.05, 0.1) is 5.75 Å². The van der Waals surface area contributed by atoms with Gasteiger partial charge in [-0.2, -0.15) is 0 Å². The quantitative estimate of drug-likeness (QED) is 0.247. The summed E-state index contributed by atoms with van der Waals surface area (Å²) in [5.41, 5.74) is 4.95. The molecule has 0 radical (unpaired) electrons. The third-order valence-corrected chi connectivity index (χ3v) is 5.20. The highest BCUT2D eigenvalue weighted by atomic mass is 32.2. The Labute approximate surface area is 148 Å². The zero-order chi connectivity index (χ0) is 18.9. The van der Waals surface area contributed by atoms with Gasteiger partial charge < -0.3 is 20.9 Å². The van der Waals surface area contributed by atoms with Crippen molar-refractivity contribution in [3.8, 4) is 0 Å². The lowest BCUT2D eigenvalue weighted by Crippen LogP contribution is -2.56. The molecule has 1 rings (SSSR count). The van der Waals surface area contributed by atoms with Crippen molar-refractivity contribution in [2.45, 2.75) is 37.5 Å². The lowest BCUT2D eigenvalue weighted by Gasteiger charge is -2.25. The number of nitrogens with one attached hydrogen (secondary N) is 1. The summed E-state index contributed by atoms with van der Waals surface area (Å²) in [6.45, 7) is -0.416. The maximum Gasteiger partial charge on any atom is 0.451 e. The fourth-order valence-electron chi connectivity index (χ4n) is 2.25. The molecule has 0 fully saturated rings. The van der Waals surface area contributed by atoms with Crippen molar-refractivity contribution in [3.63, 3.8) is 0 Å². The van der Waals surface area contributed by atoms with Crippen molar-refractivity contribution >= 4 is 23.1 Å². The molecule has 1 atom stereocenters. The molecule has 1 aromatic carbocycles. The molecule has 1 aromatic rings. The highest BCUT2D eigenvalue weighted by Crippen LogP contribution is 2.14. The van der Waals surface area contributed by atoms with E-state index < -0.39 is 35.2 Å². The van der Waals surface area contributed by atoms with E-state index in [1.165, 1.54) is 0 Å². The summed E-state index contributed by atoms with van der Waals surface area (Å²) >= 11 is 0. The first-order chi connectivity index (χ1) is 11.6. The maximum atomic E-state index is 12.1. The molecule has 0 aliphatic carbocycles. The van der Waals surface area contributed by atoms with E-state index in [0.717, 1.165) is 5.56 Å². The minimum absolute atomic E-state index is 0.0241. The van der Waals surface area contributed by atoms with E-state index in [9.17, 15) is 18.3 Å². The number of hydrogen-bond donors (Lipinski definition) is 5. The molecule has 0 aliphatic heterocycles. The summed E-state index contributed by atoms with van der Waals surface area (Å²) < 4.78 is 26.4. The van der Waals surface area contributed by atoms with Crippen LogP contribution in [0, 0.1) is 0 Å². The average Bonchev–Trinajstić information content (AvgIpc) is 2.56. The fourth-order valence-corrected chi connectivity index (χ4v) is 3.37. The number of carbonyl (C=O) groups is 1. The standard InChI is InChI=1S/C15H25BN2O6S/c17-15(14(19)20,9-4-5-10-16(21)22)12-18-25(23,24)11-8-13-6-2-1-3-7-13/h1-3,6-7,18,21-22H,4-5,8-12,17H2,(H,19,20). The van der Waals surface area contributed by atoms with E-state index in [4.69, 9.17) is 15.8 Å². The first-order valence-corrected chi connectivity index (χ1v) is 9.69. The highest BCUT2D eigenvalue weighted by molar-refractivity contribution is 7.89. The fraction of sp³-hybridized carbons (Fsp3) is 0.533. The largest absolute Gasteiger partial charge is 0.480 e. The van der Waals surface area contributed by atoms with Gasteiger partial charge in [-0.25, -0.2) is 13.1 Å². The first-order valence-electron chi connectivity index (χ1n) is 8.04. The second-order valence-electron chi connectivity index (χ2n) is 6.06. The number of carboxylic acid groups (broad SMARTS) is 1. The van der Waals surface area contributed by atoms with E-state index in [2.05, 4.69) is 4.72 Å². The number of nitrogens with two attached hydrogens (primary N) is 1. The molecular formula is C15H25BN2O6S. The molecule has 8 nitrogen and oxygen atoms in total. The number of aliphatic carboxylic acids is 1. The van der Waals surface area contributed by atoms with Crippen LogP contribution in [0.15, 0.2) is 30.3 Å². The van der Waals surface area contributed by atoms with Crippen molar-refractivity contribution < 1.29 is 28.4 Å². The van der Waals surface area contributed by atoms with Crippen molar-refractivity contribution in [3.05, 3.63) is 35.9 Å². The highest BCUT2D eigenvalue weighted by Gasteiger charge is 2.34. The van der Waals surface area contributed by atoms with Crippen LogP contribution in [0.5, 0.6) is 0 Å². The normalized spacial score (nSPS) is 14.0. The Bertz CT molecular complexity index is 641. The molecule has 140 valence electrons. The average molecular weight is 372 g/mol. The SMILES string of the molecule is NC(CCCCB(O)O)(CNS(=O)(=O)CCc1ccccc1)C(=O)O. The molecular weight excluding hydrogens is 347 g/mol. The van der Waals surface area contributed by atoms with Crippen LogP contribution < -0.4 is 10.5 Å². The van der Waals surface area contributed by atoms with E-state index in [-0.39, 0.29) is 18.5 Å². The lowest BCUT2D eigenvalue weighted by atomic mass is 9.82. The second kappa shape index (κ2) is 9.88. The number of sulfonamides is 1. The van der Waals surface area contributed by atoms with Gasteiger partial charge in [0.1, 0.15) is 5.54 Å². The third-order valence-electron chi connectivity index (χ3n) is 3.87. The van der Waals surface area contributed by atoms with E-state index >= 15 is 0 Å². The predicted octanol–water partition coefficient (Wildman–Crippen LogP) is -0.426. The van der Waals surface area contributed by atoms with Crippen molar-refractivity contribution in [2.24, 2.45) is 5.73 Å². The van der Waals surface area contributed by atoms with E-state index in [1.54, 1.807) is 0 Å². The molecule has 0 amide bonds. The zero-order valence-corrected chi connectivity index (χ0v) is 14.8. The summed E-state index contributed by atoms with van der Waals surface area (Å²) in [6.07, 6.45) is 1.17. The van der Waals surface area contributed by atoms with Gasteiger partial charge >= 0.3 is 13.1 Å². The summed E-state index contributed by atoms with van der Waals surface area (Å²) in [6, 6.07) is 9.09. The Morgan fingerprint density at radius 1 is 1.20 bits per heavy atom. The summed E-state index contributed by atoms with van der Waals surface area (Å²) in [5, 5.41) is 26.8. The molecule has 1 unspecified atom stereocenters. The topological polar surface area (TPSA) is 150 Å². The molecule has 0 saturated carbocycles. The summed E-state index contributed by atoms with van der Waals surface area (Å²) in [4.78, 5) is 11.4. The molecule has 0 spiro atoms. The van der Waals surface area contributed by atoms with Crippen LogP contribution in [0.3, 0.4) is 0 Å². The summed E-state index contributed by atoms with van der Waals surface area (Å²) in [5.74, 6) is -1.47. The van der Waals surface area contributed by atoms with Crippen LogP contribution in [0.2, 0.25) is 6.32 Å². The molecule has 0 aromatic heterocycles. The number of hydrogen-bond acceptors (Lipinski definition) is 6. The Hall–Kier alpha value is -1.46. The Morgan fingerprint density at radius 2 is 1.84 bits per heavy atom. The van der Waals surface area contributed by atoms with E-state index in [1.807, 2.05) is 30.3 Å². The number of benzene rings is 1. The van der Waals surface area contributed by atoms with Crippen LogP contribution in [0.1, 0.15) is 24.8 Å². The van der Waals surface area contributed by atoms with Crippen LogP contribution in [0.25, 0.3) is 0 Å². The first kappa shape index (κ1) is 21.6. The Morgan fingerprint density at radius 3 is 2.40 bits per heavy atom. The lowest BCUT2D eigenvalue weighted by molar-refractivity contribution is -0.143. The molecule has 6 N–H and O–H groups in total. The minimum atomic E-state index is -3.66. The predicted molar refractivity (Wildman–Crippen MR) is 95.3 cm³/mol. The van der Waals surface area contributed by atoms with Gasteiger partial charge in [-0.15, -0.1) is 0 Å². The van der Waals surface area contributed by atoms with Crippen molar-refractivity contribution in [1.29, 1.82) is 0 Å². The Balaban J connectivity index is 2.52. The molecule has 0 bridgehead atoms. The van der Waals surface area contributed by atoms with Gasteiger partial charge in [0.25, 0.3) is 0 Å². The second-order valence-corrected chi connectivity index (χ2v) is 7.99. The zero-order valence-electron chi connectivity index (χ0n) is 14.0. The number of aryl methyl sites for hydroxylation is 1. The van der Waals surface area contributed by atoms with Gasteiger partial charge in [-0.1, -0.05) is 43.2 Å². The smallest absolute Gasteiger partial charge is 0.451 e. The van der Waals surface area contributed by atoms with Crippen molar-refractivity contribution in [1.82, 2.24) is 4.72 Å². The Kier molecular flexibility index (Phi) is 8.53. The maximum absolute atomic E-state index is 12.1. The van der Waals surface area contributed by atoms with Gasteiger partial charge in [0.2, 0.25) is 10.0 Å². The monoisotopic (exact) mass is 372 g/mol. The molecule has 0 saturated heterocycles. The van der Waals surface area contributed by atoms with Crippen LogP contribution in [-0.4, -0.2) is 54.5 Å². The van der Waals surface area contributed by atoms with E-state index in [0.29, 0.717) is 19.3 Å². The van der Waals surface area contributed by atoms with Gasteiger partial charge in [0, 0.05) is 6.54 Å². The molecule has 25 heavy (non-hydrogen) atoms. The van der Waals surface area contributed by atoms with Gasteiger partial charge in [-0.05, 0) is 24.7 Å². The van der Waals surface area contributed by atoms with Crippen LogP contribution in [0.4, 0.5) is 0 Å². The van der Waals surface area contributed by atoms with Crippen LogP contribution in [-0.2, 0) is 21.2 Å². The van der Waals surface area contributed by atoms with Gasteiger partial charge in [-0.3, -0.25) is 4.79 Å². The number of carboxylic acids is 1. The van der Waals surface area contributed by atoms with Gasteiger partial charge in [0.15, 0.2) is 0 Å². The number of unbranched alkanes of at least 4 members (excludes halogenated alkanes) is 1. The minimum Gasteiger partial charge on any atom is -0.480 e.